The van der Waals surface area contributed by atoms with Gasteiger partial charge >= 0.3 is 0 Å². The van der Waals surface area contributed by atoms with Gasteiger partial charge in [0.05, 0.1) is 33.3 Å². The third-order valence-electron chi connectivity index (χ3n) is 14.0. The van der Waals surface area contributed by atoms with Gasteiger partial charge in [-0.15, -0.1) is 0 Å². The summed E-state index contributed by atoms with van der Waals surface area (Å²) in [5.74, 6) is 0.665. The number of benzene rings is 11. The summed E-state index contributed by atoms with van der Waals surface area (Å²) in [6.45, 7) is 0. The molecule has 0 amide bonds. The molecule has 0 aliphatic carbocycles. The molecule has 0 aliphatic heterocycles. The van der Waals surface area contributed by atoms with Gasteiger partial charge in [0.2, 0.25) is 0 Å². The van der Waals surface area contributed by atoms with Gasteiger partial charge in [-0.3, -0.25) is 0 Å². The Labute approximate surface area is 383 Å². The fraction of sp³-hybridized carbons (Fsp3) is 0. The molecule has 0 unspecified atom stereocenters. The van der Waals surface area contributed by atoms with Crippen molar-refractivity contribution in [3.8, 4) is 34.0 Å². The topological polar surface area (TPSA) is 48.8 Å². The van der Waals surface area contributed by atoms with Gasteiger partial charge in [0.25, 0.3) is 0 Å². The molecule has 0 bridgehead atoms. The Balaban J connectivity index is 0.878. The van der Waals surface area contributed by atoms with Crippen molar-refractivity contribution in [3.63, 3.8) is 0 Å². The van der Waals surface area contributed by atoms with Gasteiger partial charge in [-0.1, -0.05) is 140 Å². The molecular formula is C62H36N4O. The fourth-order valence-electron chi connectivity index (χ4n) is 10.9. The zero-order chi connectivity index (χ0) is 43.7. The van der Waals surface area contributed by atoms with Crippen molar-refractivity contribution in [2.75, 3.05) is 0 Å². The van der Waals surface area contributed by atoms with E-state index in [-0.39, 0.29) is 0 Å². The van der Waals surface area contributed by atoms with E-state index in [1.54, 1.807) is 0 Å². The molecule has 4 aromatic heterocycles. The number of hydrogen-bond acceptors (Lipinski definition) is 3. The first-order valence-corrected chi connectivity index (χ1v) is 22.8. The maximum Gasteiger partial charge on any atom is 0.160 e. The summed E-state index contributed by atoms with van der Waals surface area (Å²) in [6.07, 6.45) is 0. The molecule has 0 aliphatic rings. The van der Waals surface area contributed by atoms with E-state index >= 15 is 0 Å². The molecule has 15 rings (SSSR count). The molecule has 0 N–H and O–H groups in total. The summed E-state index contributed by atoms with van der Waals surface area (Å²) in [5.41, 5.74) is 12.5. The summed E-state index contributed by atoms with van der Waals surface area (Å²) in [6, 6.07) is 78.8. The largest absolute Gasteiger partial charge is 0.456 e. The second kappa shape index (κ2) is 13.7. The Morgan fingerprint density at radius 3 is 1.79 bits per heavy atom. The molecule has 4 heterocycles. The number of nitrogens with zero attached hydrogens (tertiary/aromatic N) is 4. The van der Waals surface area contributed by atoms with E-state index in [4.69, 9.17) is 14.4 Å². The molecule has 15 aromatic rings. The van der Waals surface area contributed by atoms with Crippen molar-refractivity contribution in [1.29, 1.82) is 0 Å². The highest BCUT2D eigenvalue weighted by atomic mass is 16.3. The first-order chi connectivity index (χ1) is 33.2. The second-order valence-corrected chi connectivity index (χ2v) is 17.8. The van der Waals surface area contributed by atoms with Crippen molar-refractivity contribution < 1.29 is 4.42 Å². The van der Waals surface area contributed by atoms with Crippen molar-refractivity contribution >= 4 is 109 Å². The zero-order valence-corrected chi connectivity index (χ0v) is 36.0. The number of aromatic nitrogens is 4. The molecule has 0 radical (unpaired) electrons. The van der Waals surface area contributed by atoms with Crippen LogP contribution in [-0.4, -0.2) is 19.1 Å². The molecule has 0 saturated carbocycles. The highest BCUT2D eigenvalue weighted by molar-refractivity contribution is 6.19. The quantitative estimate of drug-likeness (QED) is 0.177. The third-order valence-corrected chi connectivity index (χ3v) is 14.0. The Morgan fingerprint density at radius 2 is 0.925 bits per heavy atom. The molecule has 0 saturated heterocycles. The molecule has 5 heteroatoms. The molecule has 0 spiro atoms. The Morgan fingerprint density at radius 1 is 0.313 bits per heavy atom. The van der Waals surface area contributed by atoms with Gasteiger partial charge in [-0.2, -0.15) is 0 Å². The van der Waals surface area contributed by atoms with Crippen LogP contribution in [0.2, 0.25) is 0 Å². The third kappa shape index (κ3) is 5.37. The molecule has 67 heavy (non-hydrogen) atoms. The van der Waals surface area contributed by atoms with Crippen LogP contribution in [0.4, 0.5) is 0 Å². The maximum absolute atomic E-state index is 6.28. The van der Waals surface area contributed by atoms with Gasteiger partial charge < -0.3 is 13.6 Å². The maximum atomic E-state index is 6.28. The number of hydrogen-bond donors (Lipinski definition) is 0. The van der Waals surface area contributed by atoms with E-state index in [1.165, 1.54) is 65.2 Å². The first-order valence-electron chi connectivity index (χ1n) is 22.8. The van der Waals surface area contributed by atoms with Gasteiger partial charge in [-0.25, -0.2) is 9.97 Å². The lowest BCUT2D eigenvalue weighted by atomic mass is 10.0. The van der Waals surface area contributed by atoms with Gasteiger partial charge in [0.1, 0.15) is 11.2 Å². The highest BCUT2D eigenvalue weighted by Gasteiger charge is 2.19. The minimum Gasteiger partial charge on any atom is -0.456 e. The first kappa shape index (κ1) is 36.3. The Bertz CT molecular complexity index is 4590. The van der Waals surface area contributed by atoms with Crippen molar-refractivity contribution in [3.05, 3.63) is 218 Å². The minimum absolute atomic E-state index is 0.665. The standard InChI is InChI=1S/C62H36N4O/c1-2-12-46-38(11-1)25-30-51-47-13-4-9-19-56(47)66(61(46)51)45-28-24-39-35-57-53(34-43(39)33-45)48-14-5-8-18-55(48)65(57)44-27-23-37-21-22-40(31-42(37)32-44)60-52-16-3-7-17-54(52)63-62(64-60)41-26-29-50-49-15-6-10-20-58(49)67-59(50)36-41/h1-36H. The predicted octanol–water partition coefficient (Wildman–Crippen LogP) is 16.5. The summed E-state index contributed by atoms with van der Waals surface area (Å²) in [7, 11) is 0. The van der Waals surface area contributed by atoms with Gasteiger partial charge in [0, 0.05) is 65.6 Å². The molecular weight excluding hydrogens is 817 g/mol. The van der Waals surface area contributed by atoms with E-state index in [0.717, 1.165) is 71.8 Å². The highest BCUT2D eigenvalue weighted by Crippen LogP contribution is 2.41. The van der Waals surface area contributed by atoms with Crippen LogP contribution in [0.5, 0.6) is 0 Å². The summed E-state index contributed by atoms with van der Waals surface area (Å²) in [4.78, 5) is 10.4. The number of fused-ring (bicyclic) bond motifs is 14. The number of rotatable bonds is 4. The SMILES string of the molecule is c1ccc2c(c1)ccc1c3ccccc3n(-c3ccc4cc5c(cc4c3)c3ccccc3n5-c3ccc4ccc(-c5nc(-c6ccc7c(c6)oc6ccccc67)nc6ccccc56)cc4c3)c21. The van der Waals surface area contributed by atoms with Crippen LogP contribution in [0.15, 0.2) is 223 Å². The van der Waals surface area contributed by atoms with Crippen LogP contribution in [0.1, 0.15) is 0 Å². The van der Waals surface area contributed by atoms with Crippen molar-refractivity contribution in [2.45, 2.75) is 0 Å². The Kier molecular flexibility index (Phi) is 7.44. The second-order valence-electron chi connectivity index (χ2n) is 17.8. The molecule has 0 atom stereocenters. The predicted molar refractivity (Wildman–Crippen MR) is 279 cm³/mol. The minimum atomic E-state index is 0.665. The normalized spacial score (nSPS) is 12.2. The lowest BCUT2D eigenvalue weighted by Crippen LogP contribution is -1.96. The van der Waals surface area contributed by atoms with Crippen molar-refractivity contribution in [2.24, 2.45) is 0 Å². The molecule has 0 fully saturated rings. The van der Waals surface area contributed by atoms with Crippen LogP contribution in [0, 0.1) is 0 Å². The van der Waals surface area contributed by atoms with E-state index in [2.05, 4.69) is 203 Å². The van der Waals surface area contributed by atoms with E-state index in [9.17, 15) is 0 Å². The molecule has 11 aromatic carbocycles. The van der Waals surface area contributed by atoms with Crippen LogP contribution < -0.4 is 0 Å². The zero-order valence-electron chi connectivity index (χ0n) is 36.0. The van der Waals surface area contributed by atoms with E-state index in [0.29, 0.717) is 5.82 Å². The average molecular weight is 853 g/mol. The number of furan rings is 1. The van der Waals surface area contributed by atoms with Gasteiger partial charge in [0.15, 0.2) is 5.82 Å². The monoisotopic (exact) mass is 852 g/mol. The summed E-state index contributed by atoms with van der Waals surface area (Å²) in [5, 5.41) is 15.4. The number of para-hydroxylation sites is 4. The molecule has 310 valence electrons. The lowest BCUT2D eigenvalue weighted by Gasteiger charge is -2.13. The Hall–Kier alpha value is -9.06. The van der Waals surface area contributed by atoms with E-state index < -0.39 is 0 Å². The summed E-state index contributed by atoms with van der Waals surface area (Å²) < 4.78 is 11.2. The molecule has 5 nitrogen and oxygen atoms in total. The summed E-state index contributed by atoms with van der Waals surface area (Å²) >= 11 is 0. The van der Waals surface area contributed by atoms with Crippen LogP contribution in [-0.2, 0) is 0 Å². The fourth-order valence-corrected chi connectivity index (χ4v) is 10.9. The van der Waals surface area contributed by atoms with E-state index in [1.807, 2.05) is 24.3 Å². The van der Waals surface area contributed by atoms with Crippen LogP contribution in [0.3, 0.4) is 0 Å². The van der Waals surface area contributed by atoms with Crippen LogP contribution in [0.25, 0.3) is 143 Å². The van der Waals surface area contributed by atoms with Gasteiger partial charge in [-0.05, 0) is 106 Å². The smallest absolute Gasteiger partial charge is 0.160 e. The van der Waals surface area contributed by atoms with Crippen molar-refractivity contribution in [1.82, 2.24) is 19.1 Å². The average Bonchev–Trinajstić information content (AvgIpc) is 4.04. The lowest BCUT2D eigenvalue weighted by molar-refractivity contribution is 0.669. The van der Waals surface area contributed by atoms with Crippen LogP contribution >= 0.6 is 0 Å².